The Morgan fingerprint density at radius 1 is 1.18 bits per heavy atom. The van der Waals surface area contributed by atoms with Crippen molar-refractivity contribution in [3.8, 4) is 0 Å². The van der Waals surface area contributed by atoms with Crippen LogP contribution in [0.3, 0.4) is 0 Å². The highest BCUT2D eigenvalue weighted by atomic mass is 35.7. The van der Waals surface area contributed by atoms with Crippen LogP contribution in [0, 0.1) is 0 Å². The SMILES string of the molecule is C=CCCC[Si](Cl)(Cl)CC=C. The summed E-state index contributed by atoms with van der Waals surface area (Å²) in [6.45, 7) is 5.29. The largest absolute Gasteiger partial charge is 0.254 e. The second kappa shape index (κ2) is 5.87. The van der Waals surface area contributed by atoms with E-state index < -0.39 is 6.69 Å². The summed E-state index contributed by atoms with van der Waals surface area (Å²) in [6, 6.07) is 1.72. The number of hydrogen-bond acceptors (Lipinski definition) is 0. The molecule has 0 aliphatic rings. The van der Waals surface area contributed by atoms with Crippen LogP contribution in [0.15, 0.2) is 25.3 Å². The number of halogens is 2. The van der Waals surface area contributed by atoms with Crippen molar-refractivity contribution in [3.05, 3.63) is 25.3 Å². The van der Waals surface area contributed by atoms with Gasteiger partial charge >= 0.3 is 0 Å². The van der Waals surface area contributed by atoms with Crippen molar-refractivity contribution in [1.82, 2.24) is 0 Å². The molecule has 0 nitrogen and oxygen atoms in total. The second-order valence-corrected chi connectivity index (χ2v) is 10.1. The van der Waals surface area contributed by atoms with Crippen molar-refractivity contribution in [1.29, 1.82) is 0 Å². The Bertz CT molecular complexity index is 132. The molecule has 0 fully saturated rings. The van der Waals surface area contributed by atoms with Crippen LogP contribution in [-0.4, -0.2) is 6.69 Å². The van der Waals surface area contributed by atoms with E-state index in [0.29, 0.717) is 0 Å². The van der Waals surface area contributed by atoms with E-state index >= 15 is 0 Å². The van der Waals surface area contributed by atoms with Crippen molar-refractivity contribution in [3.63, 3.8) is 0 Å². The molecule has 0 aliphatic carbocycles. The highest BCUT2D eigenvalue weighted by molar-refractivity contribution is 7.45. The van der Waals surface area contributed by atoms with E-state index in [4.69, 9.17) is 22.2 Å². The standard InChI is InChI=1S/C8H14Cl2Si/c1-3-5-6-8-11(9,10)7-4-2/h3-4H,1-2,5-8H2. The van der Waals surface area contributed by atoms with Crippen molar-refractivity contribution in [2.24, 2.45) is 0 Å². The second-order valence-electron chi connectivity index (χ2n) is 2.53. The number of unbranched alkanes of at least 4 members (excludes halogenated alkanes) is 1. The highest BCUT2D eigenvalue weighted by Crippen LogP contribution is 2.27. The van der Waals surface area contributed by atoms with Gasteiger partial charge in [0.2, 0.25) is 0 Å². The summed E-state index contributed by atoms with van der Waals surface area (Å²) in [4.78, 5) is 0. The monoisotopic (exact) mass is 208 g/mol. The molecule has 11 heavy (non-hydrogen) atoms. The molecule has 0 aromatic carbocycles. The quantitative estimate of drug-likeness (QED) is 0.268. The molecule has 0 unspecified atom stereocenters. The molecule has 0 spiro atoms. The lowest BCUT2D eigenvalue weighted by atomic mass is 10.3. The Labute approximate surface area is 79.3 Å². The molecule has 64 valence electrons. The van der Waals surface area contributed by atoms with Gasteiger partial charge in [-0.1, -0.05) is 12.2 Å². The van der Waals surface area contributed by atoms with Gasteiger partial charge in [-0.25, -0.2) is 0 Å². The van der Waals surface area contributed by atoms with Crippen LogP contribution >= 0.6 is 22.2 Å². The van der Waals surface area contributed by atoms with Crippen LogP contribution in [0.5, 0.6) is 0 Å². The fourth-order valence-electron chi connectivity index (χ4n) is 0.818. The molecule has 0 aliphatic heterocycles. The van der Waals surface area contributed by atoms with Gasteiger partial charge in [0.05, 0.1) is 0 Å². The molecule has 0 amide bonds. The Morgan fingerprint density at radius 2 is 1.82 bits per heavy atom. The molecular weight excluding hydrogens is 195 g/mol. The molecular formula is C8H14Cl2Si. The van der Waals surface area contributed by atoms with E-state index in [2.05, 4.69) is 13.2 Å². The number of rotatable bonds is 6. The zero-order valence-electron chi connectivity index (χ0n) is 6.65. The molecule has 0 aromatic rings. The fourth-order valence-corrected chi connectivity index (χ4v) is 3.62. The van der Waals surface area contributed by atoms with Gasteiger partial charge in [0.15, 0.2) is 0 Å². The van der Waals surface area contributed by atoms with Crippen LogP contribution in [0.2, 0.25) is 12.1 Å². The first-order valence-corrected chi connectivity index (χ1v) is 8.16. The minimum Gasteiger partial charge on any atom is -0.146 e. The molecule has 0 bridgehead atoms. The van der Waals surface area contributed by atoms with Crippen LogP contribution < -0.4 is 0 Å². The van der Waals surface area contributed by atoms with E-state index in [1.807, 2.05) is 6.08 Å². The Balaban J connectivity index is 3.53. The molecule has 0 N–H and O–H groups in total. The van der Waals surface area contributed by atoms with Crippen LogP contribution in [0.25, 0.3) is 0 Å². The van der Waals surface area contributed by atoms with Gasteiger partial charge in [-0.2, -0.15) is 0 Å². The maximum Gasteiger partial charge on any atom is 0.254 e. The summed E-state index contributed by atoms with van der Waals surface area (Å²) < 4.78 is 0. The first kappa shape index (κ1) is 11.3. The van der Waals surface area contributed by atoms with Gasteiger partial charge in [-0.3, -0.25) is 0 Å². The summed E-state index contributed by atoms with van der Waals surface area (Å²) in [5.41, 5.74) is 0. The van der Waals surface area contributed by atoms with Gasteiger partial charge in [-0.15, -0.1) is 35.3 Å². The predicted octanol–water partition coefficient (Wildman–Crippen LogP) is 4.06. The lowest BCUT2D eigenvalue weighted by Crippen LogP contribution is -2.16. The van der Waals surface area contributed by atoms with Crippen LogP contribution in [0.1, 0.15) is 12.8 Å². The third-order valence-corrected chi connectivity index (χ3v) is 5.42. The molecule has 3 heteroatoms. The maximum atomic E-state index is 6.07. The van der Waals surface area contributed by atoms with Crippen molar-refractivity contribution in [2.45, 2.75) is 24.9 Å². The predicted molar refractivity (Wildman–Crippen MR) is 56.7 cm³/mol. The Hall–Kier alpha value is 0.277. The van der Waals surface area contributed by atoms with Crippen molar-refractivity contribution >= 4 is 28.9 Å². The van der Waals surface area contributed by atoms with Crippen LogP contribution in [0.4, 0.5) is 0 Å². The van der Waals surface area contributed by atoms with E-state index in [1.54, 1.807) is 6.08 Å². The van der Waals surface area contributed by atoms with Gasteiger partial charge in [0.1, 0.15) is 0 Å². The maximum absolute atomic E-state index is 6.07. The molecule has 0 aromatic heterocycles. The average molecular weight is 209 g/mol. The fraction of sp³-hybridized carbons (Fsp3) is 0.500. The topological polar surface area (TPSA) is 0 Å². The molecule has 0 atom stereocenters. The molecule has 0 radical (unpaired) electrons. The van der Waals surface area contributed by atoms with Gasteiger partial charge in [0, 0.05) is 0 Å². The highest BCUT2D eigenvalue weighted by Gasteiger charge is 2.25. The first-order chi connectivity index (χ1) is 5.12. The summed E-state index contributed by atoms with van der Waals surface area (Å²) in [6.07, 6.45) is 5.76. The Morgan fingerprint density at radius 3 is 2.27 bits per heavy atom. The lowest BCUT2D eigenvalue weighted by molar-refractivity contribution is 0.946. The van der Waals surface area contributed by atoms with Gasteiger partial charge in [-0.05, 0) is 24.9 Å². The summed E-state index contributed by atoms with van der Waals surface area (Å²) >= 11 is 12.1. The molecule has 0 rings (SSSR count). The van der Waals surface area contributed by atoms with E-state index in [1.165, 1.54) is 0 Å². The van der Waals surface area contributed by atoms with E-state index in [9.17, 15) is 0 Å². The molecule has 0 saturated heterocycles. The van der Waals surface area contributed by atoms with Gasteiger partial charge < -0.3 is 0 Å². The average Bonchev–Trinajstić information content (AvgIpc) is 1.87. The summed E-state index contributed by atoms with van der Waals surface area (Å²) in [5, 5.41) is 0. The van der Waals surface area contributed by atoms with Crippen molar-refractivity contribution in [2.75, 3.05) is 0 Å². The smallest absolute Gasteiger partial charge is 0.146 e. The number of hydrogen-bond donors (Lipinski definition) is 0. The molecule has 0 saturated carbocycles. The van der Waals surface area contributed by atoms with Crippen LogP contribution in [-0.2, 0) is 0 Å². The number of allylic oxidation sites excluding steroid dienone is 2. The van der Waals surface area contributed by atoms with E-state index in [-0.39, 0.29) is 0 Å². The third-order valence-electron chi connectivity index (χ3n) is 1.39. The summed E-state index contributed by atoms with van der Waals surface area (Å²) in [7, 11) is 0. The van der Waals surface area contributed by atoms with E-state index in [0.717, 1.165) is 24.9 Å². The Kier molecular flexibility index (Phi) is 6.02. The first-order valence-electron chi connectivity index (χ1n) is 3.72. The third kappa shape index (κ3) is 6.67. The minimum atomic E-state index is -1.96. The normalized spacial score (nSPS) is 11.1. The molecule has 0 heterocycles. The van der Waals surface area contributed by atoms with Gasteiger partial charge in [0.25, 0.3) is 6.69 Å². The zero-order valence-corrected chi connectivity index (χ0v) is 9.17. The minimum absolute atomic E-state index is 0.785. The lowest BCUT2D eigenvalue weighted by Gasteiger charge is -2.12. The van der Waals surface area contributed by atoms with Crippen molar-refractivity contribution < 1.29 is 0 Å². The summed E-state index contributed by atoms with van der Waals surface area (Å²) in [5.74, 6) is 0. The zero-order chi connectivity index (χ0) is 8.74.